The van der Waals surface area contributed by atoms with E-state index in [9.17, 15) is 0 Å². The highest BCUT2D eigenvalue weighted by Gasteiger charge is 2.10. The molecule has 0 amide bonds. The van der Waals surface area contributed by atoms with Crippen LogP contribution in [0.1, 0.15) is 20.8 Å². The van der Waals surface area contributed by atoms with Crippen LogP contribution in [0.2, 0.25) is 0 Å². The summed E-state index contributed by atoms with van der Waals surface area (Å²) in [6.45, 7) is 6.00. The quantitative estimate of drug-likeness (QED) is 0.577. The van der Waals surface area contributed by atoms with Crippen molar-refractivity contribution in [1.29, 1.82) is 0 Å². The summed E-state index contributed by atoms with van der Waals surface area (Å²) in [5.74, 6) is 0. The molecule has 0 heterocycles. The molecule has 0 aliphatic heterocycles. The first-order valence-corrected chi connectivity index (χ1v) is 3.54. The first kappa shape index (κ1) is 9.66. The number of rotatable bonds is 3. The first-order valence-electron chi connectivity index (χ1n) is 3.54. The minimum atomic E-state index is -0.131. The normalized spacial score (nSPS) is 16.1. The average molecular weight is 143 g/mol. The summed E-state index contributed by atoms with van der Waals surface area (Å²) >= 11 is 0. The van der Waals surface area contributed by atoms with Gasteiger partial charge in [0, 0.05) is 11.5 Å². The number of aliphatic hydroxyl groups is 1. The Labute approximate surface area is 62.7 Å². The zero-order valence-electron chi connectivity index (χ0n) is 6.96. The molecule has 2 nitrogen and oxygen atoms in total. The number of aliphatic hydroxyl groups excluding tert-OH is 1. The van der Waals surface area contributed by atoms with E-state index in [4.69, 9.17) is 10.8 Å². The Morgan fingerprint density at radius 2 is 2.10 bits per heavy atom. The van der Waals surface area contributed by atoms with E-state index in [0.29, 0.717) is 0 Å². The summed E-state index contributed by atoms with van der Waals surface area (Å²) < 4.78 is 0. The summed E-state index contributed by atoms with van der Waals surface area (Å²) in [7, 11) is 0. The smallest absolute Gasteiger partial charge is 0.0516 e. The second-order valence-corrected chi connectivity index (χ2v) is 3.36. The van der Waals surface area contributed by atoms with E-state index >= 15 is 0 Å². The van der Waals surface area contributed by atoms with Gasteiger partial charge < -0.3 is 10.8 Å². The van der Waals surface area contributed by atoms with Gasteiger partial charge in [0.1, 0.15) is 0 Å². The zero-order chi connectivity index (χ0) is 8.20. The fourth-order valence-corrected chi connectivity index (χ4v) is 0.465. The van der Waals surface area contributed by atoms with Crippen molar-refractivity contribution in [3.05, 3.63) is 12.2 Å². The van der Waals surface area contributed by atoms with E-state index in [2.05, 4.69) is 0 Å². The van der Waals surface area contributed by atoms with Crippen molar-refractivity contribution in [3.63, 3.8) is 0 Å². The Hall–Kier alpha value is -0.340. The molecule has 0 fully saturated rings. The molecule has 0 saturated heterocycles. The lowest BCUT2D eigenvalue weighted by Crippen LogP contribution is -2.16. The fraction of sp³-hybridized carbons (Fsp3) is 0.750. The number of nitrogens with two attached hydrogens (primary N) is 1. The molecule has 2 heteroatoms. The summed E-state index contributed by atoms with van der Waals surface area (Å²) in [5.41, 5.74) is 5.35. The first-order chi connectivity index (χ1) is 4.48. The fourth-order valence-electron chi connectivity index (χ4n) is 0.465. The average Bonchev–Trinajstić information content (AvgIpc) is 1.85. The van der Waals surface area contributed by atoms with Crippen LogP contribution in [0.15, 0.2) is 12.2 Å². The Morgan fingerprint density at radius 3 is 2.40 bits per heavy atom. The molecule has 0 rings (SSSR count). The molecule has 0 aliphatic carbocycles. The van der Waals surface area contributed by atoms with Crippen LogP contribution in [0.3, 0.4) is 0 Å². The van der Waals surface area contributed by atoms with Crippen LogP contribution >= 0.6 is 0 Å². The molecule has 0 radical (unpaired) electrons. The molecule has 0 saturated carbocycles. The van der Waals surface area contributed by atoms with E-state index in [-0.39, 0.29) is 18.1 Å². The van der Waals surface area contributed by atoms with Gasteiger partial charge in [0.15, 0.2) is 0 Å². The molecular formula is C8H17NO. The van der Waals surface area contributed by atoms with E-state index in [1.807, 2.05) is 32.9 Å². The van der Waals surface area contributed by atoms with Crippen LogP contribution in [0.4, 0.5) is 0 Å². The van der Waals surface area contributed by atoms with Gasteiger partial charge in [-0.25, -0.2) is 0 Å². The van der Waals surface area contributed by atoms with Gasteiger partial charge in [-0.05, 0) is 6.92 Å². The maximum absolute atomic E-state index is 8.81. The zero-order valence-corrected chi connectivity index (χ0v) is 6.96. The molecule has 0 spiro atoms. The summed E-state index contributed by atoms with van der Waals surface area (Å²) in [6.07, 6.45) is 3.84. The van der Waals surface area contributed by atoms with E-state index in [1.54, 1.807) is 0 Å². The third kappa shape index (κ3) is 4.53. The molecule has 0 aromatic heterocycles. The van der Waals surface area contributed by atoms with Gasteiger partial charge in [-0.15, -0.1) is 0 Å². The Balaban J connectivity index is 3.86. The number of hydrogen-bond acceptors (Lipinski definition) is 2. The van der Waals surface area contributed by atoms with Crippen molar-refractivity contribution in [3.8, 4) is 0 Å². The van der Waals surface area contributed by atoms with Crippen LogP contribution in [0.25, 0.3) is 0 Å². The van der Waals surface area contributed by atoms with Crippen LogP contribution in [-0.2, 0) is 0 Å². The summed E-state index contributed by atoms with van der Waals surface area (Å²) in [4.78, 5) is 0. The monoisotopic (exact) mass is 143 g/mol. The van der Waals surface area contributed by atoms with Gasteiger partial charge in [-0.2, -0.15) is 0 Å². The Kier molecular flexibility index (Phi) is 3.61. The Morgan fingerprint density at radius 1 is 1.60 bits per heavy atom. The summed E-state index contributed by atoms with van der Waals surface area (Å²) in [6, 6.07) is 0.0748. The minimum Gasteiger partial charge on any atom is -0.395 e. The lowest BCUT2D eigenvalue weighted by atomic mass is 9.94. The predicted molar refractivity (Wildman–Crippen MR) is 43.7 cm³/mol. The third-order valence-corrected chi connectivity index (χ3v) is 1.26. The van der Waals surface area contributed by atoms with Crippen LogP contribution in [0, 0.1) is 5.41 Å². The topological polar surface area (TPSA) is 46.2 Å². The highest BCUT2D eigenvalue weighted by Crippen LogP contribution is 2.14. The molecule has 10 heavy (non-hydrogen) atoms. The van der Waals surface area contributed by atoms with Crippen molar-refractivity contribution >= 4 is 0 Å². The van der Waals surface area contributed by atoms with Gasteiger partial charge >= 0.3 is 0 Å². The highest BCUT2D eigenvalue weighted by atomic mass is 16.3. The highest BCUT2D eigenvalue weighted by molar-refractivity contribution is 4.98. The predicted octanol–water partition coefficient (Wildman–Crippen LogP) is 0.908. The lowest BCUT2D eigenvalue weighted by Gasteiger charge is -2.15. The molecular weight excluding hydrogens is 126 g/mol. The molecule has 0 aliphatic rings. The maximum Gasteiger partial charge on any atom is 0.0516 e. The van der Waals surface area contributed by atoms with Crippen LogP contribution < -0.4 is 5.73 Å². The maximum atomic E-state index is 8.81. The molecule has 1 atom stereocenters. The standard InChI is InChI=1S/C8H17NO/c1-7(9)4-5-8(2,3)6-10/h4-5,7,10H,6,9H2,1-3H3/b5-4+. The minimum absolute atomic E-state index is 0.0748. The second kappa shape index (κ2) is 3.74. The van der Waals surface area contributed by atoms with E-state index in [0.717, 1.165) is 0 Å². The Bertz CT molecular complexity index is 116. The molecule has 0 aromatic carbocycles. The van der Waals surface area contributed by atoms with Crippen molar-refractivity contribution in [2.45, 2.75) is 26.8 Å². The van der Waals surface area contributed by atoms with Crippen molar-refractivity contribution in [1.82, 2.24) is 0 Å². The SMILES string of the molecule is CC(N)/C=C/C(C)(C)CO. The van der Waals surface area contributed by atoms with Crippen molar-refractivity contribution < 1.29 is 5.11 Å². The molecule has 0 aromatic rings. The van der Waals surface area contributed by atoms with Crippen LogP contribution in [-0.4, -0.2) is 17.8 Å². The van der Waals surface area contributed by atoms with Gasteiger partial charge in [-0.3, -0.25) is 0 Å². The van der Waals surface area contributed by atoms with Gasteiger partial charge in [0.05, 0.1) is 6.61 Å². The van der Waals surface area contributed by atoms with Gasteiger partial charge in [-0.1, -0.05) is 26.0 Å². The van der Waals surface area contributed by atoms with E-state index < -0.39 is 0 Å². The largest absolute Gasteiger partial charge is 0.395 e. The molecule has 3 N–H and O–H groups in total. The molecule has 0 bridgehead atoms. The third-order valence-electron chi connectivity index (χ3n) is 1.26. The number of hydrogen-bond donors (Lipinski definition) is 2. The molecule has 60 valence electrons. The van der Waals surface area contributed by atoms with Crippen molar-refractivity contribution in [2.24, 2.45) is 11.1 Å². The molecule has 1 unspecified atom stereocenters. The van der Waals surface area contributed by atoms with Crippen LogP contribution in [0.5, 0.6) is 0 Å². The second-order valence-electron chi connectivity index (χ2n) is 3.36. The van der Waals surface area contributed by atoms with E-state index in [1.165, 1.54) is 0 Å². The lowest BCUT2D eigenvalue weighted by molar-refractivity contribution is 0.199. The van der Waals surface area contributed by atoms with Crippen molar-refractivity contribution in [2.75, 3.05) is 6.61 Å². The summed E-state index contributed by atoms with van der Waals surface area (Å²) in [5, 5.41) is 8.81. The van der Waals surface area contributed by atoms with Gasteiger partial charge in [0.2, 0.25) is 0 Å². The van der Waals surface area contributed by atoms with Gasteiger partial charge in [0.25, 0.3) is 0 Å².